The number of para-hydroxylation sites is 1. The molecule has 6 heteroatoms. The second-order valence-electron chi connectivity index (χ2n) is 5.24. The second kappa shape index (κ2) is 6.38. The molecule has 0 fully saturated rings. The molecule has 0 saturated carbocycles. The van der Waals surface area contributed by atoms with Gasteiger partial charge in [-0.05, 0) is 30.2 Å². The summed E-state index contributed by atoms with van der Waals surface area (Å²) in [6.07, 6.45) is 1.96. The number of esters is 1. The maximum Gasteiger partial charge on any atom is 0.313 e. The van der Waals surface area contributed by atoms with Crippen LogP contribution in [0.3, 0.4) is 0 Å². The van der Waals surface area contributed by atoms with Crippen LogP contribution in [-0.4, -0.2) is 30.5 Å². The molecule has 0 unspecified atom stereocenters. The normalized spacial score (nSPS) is 16.6. The van der Waals surface area contributed by atoms with Gasteiger partial charge in [0.25, 0.3) is 5.91 Å². The minimum atomic E-state index is -0.349. The van der Waals surface area contributed by atoms with Gasteiger partial charge in [-0.3, -0.25) is 9.59 Å². The molecule has 0 aliphatic carbocycles. The highest BCUT2D eigenvalue weighted by atomic mass is 35.5. The first-order valence-corrected chi connectivity index (χ1v) is 7.60. The smallest absolute Gasteiger partial charge is 0.313 e. The molecular weight excluding hydrogens is 316 g/mol. The van der Waals surface area contributed by atoms with Crippen molar-refractivity contribution in [2.24, 2.45) is 0 Å². The number of rotatable bonds is 2. The third-order valence-electron chi connectivity index (χ3n) is 3.92. The molecule has 0 spiro atoms. The summed E-state index contributed by atoms with van der Waals surface area (Å²) in [4.78, 5) is 30.4. The zero-order chi connectivity index (χ0) is 16.4. The van der Waals surface area contributed by atoms with Crippen LogP contribution in [0.4, 0.5) is 5.69 Å². The van der Waals surface area contributed by atoms with Crippen molar-refractivity contribution in [2.45, 2.75) is 12.3 Å². The van der Waals surface area contributed by atoms with Gasteiger partial charge in [0, 0.05) is 18.4 Å². The highest BCUT2D eigenvalue weighted by Gasteiger charge is 2.33. The number of methoxy groups -OCH3 is 1. The summed E-state index contributed by atoms with van der Waals surface area (Å²) in [5.41, 5.74) is 1.84. The van der Waals surface area contributed by atoms with E-state index in [0.29, 0.717) is 23.7 Å². The standard InChI is InChI=1S/C17H15ClN2O3/c1-23-17(22)13-8-9-20(15-5-3-2-4-12(13)15)16(21)14-7-6-11(18)10-19-14/h2-7,10,13H,8-9H2,1H3/t13-/m1/s1. The van der Waals surface area contributed by atoms with Crippen molar-refractivity contribution in [1.29, 1.82) is 0 Å². The Balaban J connectivity index is 1.96. The van der Waals surface area contributed by atoms with Crippen molar-refractivity contribution in [3.63, 3.8) is 0 Å². The van der Waals surface area contributed by atoms with Gasteiger partial charge in [-0.15, -0.1) is 0 Å². The molecule has 2 heterocycles. The van der Waals surface area contributed by atoms with Crippen LogP contribution in [0.1, 0.15) is 28.4 Å². The van der Waals surface area contributed by atoms with Crippen molar-refractivity contribution in [3.05, 3.63) is 58.9 Å². The Hall–Kier alpha value is -2.40. The number of carbonyl (C=O) groups is 2. The van der Waals surface area contributed by atoms with Crippen molar-refractivity contribution >= 4 is 29.2 Å². The van der Waals surface area contributed by atoms with Crippen LogP contribution in [0.2, 0.25) is 5.02 Å². The molecule has 3 rings (SSSR count). The van der Waals surface area contributed by atoms with E-state index in [9.17, 15) is 9.59 Å². The minimum Gasteiger partial charge on any atom is -0.469 e. The molecule has 0 saturated heterocycles. The monoisotopic (exact) mass is 330 g/mol. The molecule has 1 amide bonds. The van der Waals surface area contributed by atoms with Gasteiger partial charge >= 0.3 is 5.97 Å². The third kappa shape index (κ3) is 2.92. The van der Waals surface area contributed by atoms with E-state index in [1.807, 2.05) is 24.3 Å². The minimum absolute atomic E-state index is 0.211. The number of nitrogens with zero attached hydrogens (tertiary/aromatic N) is 2. The lowest BCUT2D eigenvalue weighted by molar-refractivity contribution is -0.142. The Morgan fingerprint density at radius 2 is 2.04 bits per heavy atom. The van der Waals surface area contributed by atoms with Gasteiger partial charge in [0.05, 0.1) is 18.1 Å². The van der Waals surface area contributed by atoms with Crippen molar-refractivity contribution < 1.29 is 14.3 Å². The molecule has 0 bridgehead atoms. The predicted octanol–water partition coefficient (Wildman–Crippen LogP) is 3.04. The maximum absolute atomic E-state index is 12.7. The number of ether oxygens (including phenoxy) is 1. The fourth-order valence-corrected chi connectivity index (χ4v) is 2.91. The van der Waals surface area contributed by atoms with E-state index in [1.165, 1.54) is 13.3 Å². The molecule has 0 radical (unpaired) electrons. The predicted molar refractivity (Wildman–Crippen MR) is 86.7 cm³/mol. The number of pyridine rings is 1. The van der Waals surface area contributed by atoms with Crippen LogP contribution in [-0.2, 0) is 9.53 Å². The number of hydrogen-bond donors (Lipinski definition) is 0. The number of amides is 1. The molecular formula is C17H15ClN2O3. The number of hydrogen-bond acceptors (Lipinski definition) is 4. The topological polar surface area (TPSA) is 59.5 Å². The summed E-state index contributed by atoms with van der Waals surface area (Å²) in [7, 11) is 1.38. The summed E-state index contributed by atoms with van der Waals surface area (Å²) in [5.74, 6) is -0.843. The lowest BCUT2D eigenvalue weighted by atomic mass is 9.89. The van der Waals surface area contributed by atoms with Crippen LogP contribution in [0, 0.1) is 0 Å². The first-order chi connectivity index (χ1) is 11.1. The zero-order valence-corrected chi connectivity index (χ0v) is 13.3. The number of fused-ring (bicyclic) bond motifs is 1. The van der Waals surface area contributed by atoms with Gasteiger partial charge in [-0.2, -0.15) is 0 Å². The Morgan fingerprint density at radius 1 is 1.26 bits per heavy atom. The van der Waals surface area contributed by atoms with Crippen LogP contribution in [0.15, 0.2) is 42.6 Å². The number of halogens is 1. The first-order valence-electron chi connectivity index (χ1n) is 7.22. The lowest BCUT2D eigenvalue weighted by Gasteiger charge is -2.33. The quantitative estimate of drug-likeness (QED) is 0.794. The Labute approximate surface area is 138 Å². The number of anilines is 1. The van der Waals surface area contributed by atoms with Gasteiger partial charge in [0.1, 0.15) is 5.69 Å². The average molecular weight is 331 g/mol. The van der Waals surface area contributed by atoms with E-state index >= 15 is 0 Å². The van der Waals surface area contributed by atoms with Crippen LogP contribution >= 0.6 is 11.6 Å². The summed E-state index contributed by atoms with van der Waals surface area (Å²) in [5, 5.41) is 0.478. The molecule has 118 valence electrons. The largest absolute Gasteiger partial charge is 0.469 e. The molecule has 1 aliphatic rings. The molecule has 1 aromatic heterocycles. The summed E-state index contributed by atoms with van der Waals surface area (Å²) in [6, 6.07) is 10.6. The molecule has 1 aliphatic heterocycles. The number of carbonyl (C=O) groups excluding carboxylic acids is 2. The lowest BCUT2D eigenvalue weighted by Crippen LogP contribution is -2.38. The molecule has 1 atom stereocenters. The number of benzene rings is 1. The zero-order valence-electron chi connectivity index (χ0n) is 12.5. The Morgan fingerprint density at radius 3 is 2.74 bits per heavy atom. The van der Waals surface area contributed by atoms with Gasteiger partial charge in [-0.25, -0.2) is 4.98 Å². The molecule has 23 heavy (non-hydrogen) atoms. The van der Waals surface area contributed by atoms with E-state index in [2.05, 4.69) is 4.98 Å². The van der Waals surface area contributed by atoms with Crippen LogP contribution < -0.4 is 4.90 Å². The van der Waals surface area contributed by atoms with Crippen molar-refractivity contribution in [3.8, 4) is 0 Å². The molecule has 5 nitrogen and oxygen atoms in total. The highest BCUT2D eigenvalue weighted by Crippen LogP contribution is 2.36. The van der Waals surface area contributed by atoms with Gasteiger partial charge in [0.15, 0.2) is 0 Å². The summed E-state index contributed by atoms with van der Waals surface area (Å²) < 4.78 is 4.87. The van der Waals surface area contributed by atoms with E-state index in [4.69, 9.17) is 16.3 Å². The Kier molecular flexibility index (Phi) is 4.30. The fraction of sp³-hybridized carbons (Fsp3) is 0.235. The third-order valence-corrected chi connectivity index (χ3v) is 4.15. The van der Waals surface area contributed by atoms with Crippen molar-refractivity contribution in [1.82, 2.24) is 4.98 Å². The fourth-order valence-electron chi connectivity index (χ4n) is 2.80. The van der Waals surface area contributed by atoms with E-state index < -0.39 is 0 Å². The highest BCUT2D eigenvalue weighted by molar-refractivity contribution is 6.30. The van der Waals surface area contributed by atoms with E-state index in [0.717, 1.165) is 11.3 Å². The van der Waals surface area contributed by atoms with Crippen molar-refractivity contribution in [2.75, 3.05) is 18.6 Å². The maximum atomic E-state index is 12.7. The van der Waals surface area contributed by atoms with Crippen LogP contribution in [0.25, 0.3) is 0 Å². The van der Waals surface area contributed by atoms with E-state index in [1.54, 1.807) is 17.0 Å². The van der Waals surface area contributed by atoms with E-state index in [-0.39, 0.29) is 17.8 Å². The van der Waals surface area contributed by atoms with Gasteiger partial charge in [-0.1, -0.05) is 29.8 Å². The first kappa shape index (κ1) is 15.5. The summed E-state index contributed by atoms with van der Waals surface area (Å²) in [6.45, 7) is 0.430. The molecule has 2 aromatic rings. The van der Waals surface area contributed by atoms with Gasteiger partial charge in [0.2, 0.25) is 0 Å². The molecule has 0 N–H and O–H groups in total. The average Bonchev–Trinajstić information content (AvgIpc) is 2.60. The SMILES string of the molecule is COC(=O)[C@@H]1CCN(C(=O)c2ccc(Cl)cn2)c2ccccc21. The van der Waals surface area contributed by atoms with Crippen LogP contribution in [0.5, 0.6) is 0 Å². The van der Waals surface area contributed by atoms with Gasteiger partial charge < -0.3 is 9.64 Å². The number of aromatic nitrogens is 1. The summed E-state index contributed by atoms with van der Waals surface area (Å²) >= 11 is 5.81. The second-order valence-corrected chi connectivity index (χ2v) is 5.68. The Bertz CT molecular complexity index is 746. The molecule has 1 aromatic carbocycles.